The Morgan fingerprint density at radius 1 is 1.12 bits per heavy atom. The van der Waals surface area contributed by atoms with Crippen molar-refractivity contribution < 1.29 is 24.3 Å². The summed E-state index contributed by atoms with van der Waals surface area (Å²) in [4.78, 5) is 52.0. The smallest absolute Gasteiger partial charge is 0.347 e. The summed E-state index contributed by atoms with van der Waals surface area (Å²) in [6.45, 7) is 2.58. The SMILES string of the molecule is CC(=O)N(CCC(=O)O)N1C(=O)N(Cc2ccccc2)[C@](C)(c2ccc(C=NN)cc2)C1=O. The first-order valence-electron chi connectivity index (χ1n) is 10.2. The van der Waals surface area contributed by atoms with Gasteiger partial charge in [-0.15, -0.1) is 0 Å². The number of hydrazine groups is 1. The second-order valence-electron chi connectivity index (χ2n) is 7.73. The number of nitrogens with zero attached hydrogens (tertiary/aromatic N) is 4. The van der Waals surface area contributed by atoms with Gasteiger partial charge < -0.3 is 10.9 Å². The molecule has 1 aliphatic rings. The molecule has 0 aromatic heterocycles. The Hall–Kier alpha value is -4.21. The second kappa shape index (κ2) is 9.51. The van der Waals surface area contributed by atoms with Crippen LogP contribution in [0.4, 0.5) is 4.79 Å². The monoisotopic (exact) mass is 451 g/mol. The van der Waals surface area contributed by atoms with Crippen LogP contribution in [0.1, 0.15) is 37.0 Å². The van der Waals surface area contributed by atoms with Gasteiger partial charge in [-0.05, 0) is 23.6 Å². The van der Waals surface area contributed by atoms with Gasteiger partial charge in [0.05, 0.1) is 19.2 Å². The second-order valence-corrected chi connectivity index (χ2v) is 7.73. The number of carbonyl (C=O) groups is 4. The van der Waals surface area contributed by atoms with Gasteiger partial charge in [0.25, 0.3) is 5.91 Å². The normalized spacial score (nSPS) is 18.2. The average Bonchev–Trinajstić information content (AvgIpc) is 2.97. The Bertz CT molecular complexity index is 1090. The highest BCUT2D eigenvalue weighted by Gasteiger charge is 2.57. The third kappa shape index (κ3) is 4.54. The summed E-state index contributed by atoms with van der Waals surface area (Å²) in [6, 6.07) is 15.2. The lowest BCUT2D eigenvalue weighted by atomic mass is 9.89. The number of imide groups is 1. The van der Waals surface area contributed by atoms with E-state index < -0.39 is 35.8 Å². The van der Waals surface area contributed by atoms with Gasteiger partial charge >= 0.3 is 12.0 Å². The summed E-state index contributed by atoms with van der Waals surface area (Å²) >= 11 is 0. The molecule has 1 atom stereocenters. The molecule has 0 unspecified atom stereocenters. The quantitative estimate of drug-likeness (QED) is 0.272. The summed E-state index contributed by atoms with van der Waals surface area (Å²) in [5.74, 6) is 2.79. The number of rotatable bonds is 8. The molecule has 3 N–H and O–H groups in total. The lowest BCUT2D eigenvalue weighted by Crippen LogP contribution is -2.51. The molecule has 1 fully saturated rings. The van der Waals surface area contributed by atoms with Crippen molar-refractivity contribution in [1.29, 1.82) is 0 Å². The first kappa shape index (κ1) is 23.5. The van der Waals surface area contributed by atoms with Gasteiger partial charge in [0, 0.05) is 13.5 Å². The Labute approximate surface area is 190 Å². The first-order valence-corrected chi connectivity index (χ1v) is 10.2. The van der Waals surface area contributed by atoms with Crippen LogP contribution in [0.2, 0.25) is 0 Å². The summed E-state index contributed by atoms with van der Waals surface area (Å²) < 4.78 is 0. The average molecular weight is 451 g/mol. The summed E-state index contributed by atoms with van der Waals surface area (Å²) in [5, 5.41) is 14.2. The van der Waals surface area contributed by atoms with Gasteiger partial charge in [-0.2, -0.15) is 10.1 Å². The lowest BCUT2D eigenvalue weighted by Gasteiger charge is -2.32. The maximum Gasteiger partial charge on any atom is 0.347 e. The van der Waals surface area contributed by atoms with E-state index in [1.165, 1.54) is 18.0 Å². The van der Waals surface area contributed by atoms with Crippen molar-refractivity contribution in [3.63, 3.8) is 0 Å². The van der Waals surface area contributed by atoms with Crippen molar-refractivity contribution >= 4 is 30.0 Å². The van der Waals surface area contributed by atoms with E-state index >= 15 is 0 Å². The molecule has 3 rings (SSSR count). The van der Waals surface area contributed by atoms with Gasteiger partial charge in [0.2, 0.25) is 5.91 Å². The van der Waals surface area contributed by atoms with Crippen molar-refractivity contribution in [2.24, 2.45) is 10.9 Å². The molecule has 10 nitrogen and oxygen atoms in total. The number of hydrogen-bond acceptors (Lipinski definition) is 6. The molecule has 2 aromatic carbocycles. The van der Waals surface area contributed by atoms with Gasteiger partial charge in [-0.3, -0.25) is 19.3 Å². The Morgan fingerprint density at radius 2 is 1.76 bits per heavy atom. The molecule has 0 aliphatic carbocycles. The number of urea groups is 1. The van der Waals surface area contributed by atoms with Crippen LogP contribution in [0.25, 0.3) is 0 Å². The van der Waals surface area contributed by atoms with Crippen LogP contribution in [0, 0.1) is 0 Å². The fourth-order valence-corrected chi connectivity index (χ4v) is 3.78. The molecule has 0 saturated carbocycles. The van der Waals surface area contributed by atoms with Crippen LogP contribution >= 0.6 is 0 Å². The van der Waals surface area contributed by atoms with Crippen LogP contribution < -0.4 is 5.84 Å². The minimum Gasteiger partial charge on any atom is -0.481 e. The number of amides is 4. The highest BCUT2D eigenvalue weighted by atomic mass is 16.4. The predicted molar refractivity (Wildman–Crippen MR) is 119 cm³/mol. The van der Waals surface area contributed by atoms with E-state index in [2.05, 4.69) is 5.10 Å². The number of hydrazone groups is 1. The van der Waals surface area contributed by atoms with Gasteiger partial charge in [-0.25, -0.2) is 9.80 Å². The van der Waals surface area contributed by atoms with Crippen molar-refractivity contribution in [3.05, 3.63) is 71.3 Å². The number of hydrogen-bond donors (Lipinski definition) is 2. The summed E-state index contributed by atoms with van der Waals surface area (Å²) in [7, 11) is 0. The zero-order valence-corrected chi connectivity index (χ0v) is 18.3. The minimum atomic E-state index is -1.44. The van der Waals surface area contributed by atoms with E-state index in [1.807, 2.05) is 30.3 Å². The molecule has 1 heterocycles. The third-order valence-electron chi connectivity index (χ3n) is 5.58. The molecule has 0 spiro atoms. The van der Waals surface area contributed by atoms with E-state index in [1.54, 1.807) is 31.2 Å². The van der Waals surface area contributed by atoms with Crippen LogP contribution in [0.5, 0.6) is 0 Å². The standard InChI is InChI=1S/C23H25N5O5/c1-16(29)27(13-12-20(30)31)28-21(32)23(2,19-10-8-17(9-11-19)14-25-24)26(22(28)33)15-18-6-4-3-5-7-18/h3-11,14H,12-13,15,24H2,1-2H3,(H,30,31)/t23-/m1/s1. The van der Waals surface area contributed by atoms with Crippen molar-refractivity contribution in [2.45, 2.75) is 32.4 Å². The Kier molecular flexibility index (Phi) is 6.76. The van der Waals surface area contributed by atoms with Crippen molar-refractivity contribution in [1.82, 2.24) is 14.9 Å². The van der Waals surface area contributed by atoms with Crippen molar-refractivity contribution in [3.8, 4) is 0 Å². The molecular formula is C23H25N5O5. The van der Waals surface area contributed by atoms with Crippen LogP contribution in [-0.4, -0.2) is 56.6 Å². The molecule has 2 aromatic rings. The van der Waals surface area contributed by atoms with E-state index in [0.29, 0.717) is 11.1 Å². The molecule has 4 amide bonds. The zero-order valence-electron chi connectivity index (χ0n) is 18.3. The molecule has 172 valence electrons. The zero-order chi connectivity index (χ0) is 24.2. The number of carboxylic acids is 1. The lowest BCUT2D eigenvalue weighted by molar-refractivity contribution is -0.157. The molecule has 1 saturated heterocycles. The maximum absolute atomic E-state index is 13.7. The van der Waals surface area contributed by atoms with Gasteiger partial charge in [0.15, 0.2) is 0 Å². The number of benzene rings is 2. The third-order valence-corrected chi connectivity index (χ3v) is 5.58. The van der Waals surface area contributed by atoms with E-state index in [-0.39, 0.29) is 13.1 Å². The number of aliphatic carboxylic acids is 1. The molecule has 33 heavy (non-hydrogen) atoms. The van der Waals surface area contributed by atoms with Gasteiger partial charge in [0.1, 0.15) is 5.54 Å². The number of carbonyl (C=O) groups excluding carboxylic acids is 3. The number of carboxylic acid groups (broad SMARTS) is 1. The summed E-state index contributed by atoms with van der Waals surface area (Å²) in [6.07, 6.45) is 1.03. The maximum atomic E-state index is 13.7. The minimum absolute atomic E-state index is 0.106. The van der Waals surface area contributed by atoms with E-state index in [0.717, 1.165) is 15.6 Å². The number of nitrogens with two attached hydrogens (primary N) is 1. The molecule has 0 radical (unpaired) electrons. The highest BCUT2D eigenvalue weighted by Crippen LogP contribution is 2.39. The fraction of sp³-hybridized carbons (Fsp3) is 0.261. The van der Waals surface area contributed by atoms with Crippen molar-refractivity contribution in [2.75, 3.05) is 6.54 Å². The van der Waals surface area contributed by atoms with Crippen LogP contribution in [0.3, 0.4) is 0 Å². The Balaban J connectivity index is 2.08. The fourth-order valence-electron chi connectivity index (χ4n) is 3.78. The summed E-state index contributed by atoms with van der Waals surface area (Å²) in [5.41, 5.74) is 0.580. The first-order chi connectivity index (χ1) is 15.7. The van der Waals surface area contributed by atoms with E-state index in [4.69, 9.17) is 10.9 Å². The van der Waals surface area contributed by atoms with Crippen LogP contribution in [0.15, 0.2) is 59.7 Å². The molecule has 0 bridgehead atoms. The van der Waals surface area contributed by atoms with E-state index in [9.17, 15) is 19.2 Å². The highest BCUT2D eigenvalue weighted by molar-refractivity contribution is 6.08. The van der Waals surface area contributed by atoms with Crippen LogP contribution in [-0.2, 0) is 26.5 Å². The molecule has 1 aliphatic heterocycles. The predicted octanol–water partition coefficient (Wildman–Crippen LogP) is 1.90. The topological polar surface area (TPSA) is 137 Å². The molecule has 10 heteroatoms. The molecular weight excluding hydrogens is 426 g/mol. The Morgan fingerprint density at radius 3 is 2.30 bits per heavy atom. The van der Waals surface area contributed by atoms with Gasteiger partial charge in [-0.1, -0.05) is 54.6 Å². The largest absolute Gasteiger partial charge is 0.481 e.